The molecule has 0 bridgehead atoms. The maximum absolute atomic E-state index is 12.4. The van der Waals surface area contributed by atoms with Crippen molar-refractivity contribution in [3.05, 3.63) is 0 Å². The number of amides is 2. The summed E-state index contributed by atoms with van der Waals surface area (Å²) in [5, 5.41) is 12.8. The number of thioether (sulfide) groups is 1. The Balaban J connectivity index is 1.85. The van der Waals surface area contributed by atoms with Crippen LogP contribution < -0.4 is 5.32 Å². The van der Waals surface area contributed by atoms with Crippen LogP contribution in [-0.4, -0.2) is 51.6 Å². The lowest BCUT2D eigenvalue weighted by Gasteiger charge is -2.35. The summed E-state index contributed by atoms with van der Waals surface area (Å²) in [6.45, 7) is 2.85. The molecule has 0 aromatic heterocycles. The van der Waals surface area contributed by atoms with Crippen LogP contribution >= 0.6 is 11.8 Å². The number of likely N-dealkylation sites (tertiary alicyclic amines) is 1. The summed E-state index contributed by atoms with van der Waals surface area (Å²) >= 11 is 1.97. The largest absolute Gasteiger partial charge is 0.481 e. The minimum atomic E-state index is -0.819. The zero-order chi connectivity index (χ0) is 15.2. The van der Waals surface area contributed by atoms with Crippen molar-refractivity contribution in [2.24, 2.45) is 0 Å². The van der Waals surface area contributed by atoms with E-state index in [2.05, 4.69) is 12.2 Å². The number of carbonyl (C=O) groups is 2. The van der Waals surface area contributed by atoms with E-state index in [0.29, 0.717) is 11.8 Å². The Bertz CT molecular complexity index is 378. The maximum Gasteiger partial charge on any atom is 0.317 e. The van der Waals surface area contributed by atoms with Gasteiger partial charge in [-0.25, -0.2) is 4.79 Å². The molecule has 2 aliphatic rings. The molecule has 1 aliphatic carbocycles. The van der Waals surface area contributed by atoms with Crippen LogP contribution in [0.2, 0.25) is 0 Å². The molecular formula is C15H26N2O3S. The molecule has 21 heavy (non-hydrogen) atoms. The van der Waals surface area contributed by atoms with Crippen molar-refractivity contribution in [2.45, 2.75) is 69.2 Å². The zero-order valence-corrected chi connectivity index (χ0v) is 13.5. The molecule has 5 nitrogen and oxygen atoms in total. The van der Waals surface area contributed by atoms with Gasteiger partial charge in [0.25, 0.3) is 0 Å². The second-order valence-electron chi connectivity index (χ2n) is 5.98. The number of aliphatic carboxylic acids is 1. The van der Waals surface area contributed by atoms with Gasteiger partial charge >= 0.3 is 12.0 Å². The number of carbonyl (C=O) groups excluding carboxylic acids is 1. The Morgan fingerprint density at radius 3 is 2.81 bits per heavy atom. The van der Waals surface area contributed by atoms with Crippen molar-refractivity contribution in [3.8, 4) is 0 Å². The first-order chi connectivity index (χ1) is 10.1. The molecule has 1 saturated heterocycles. The number of nitrogens with one attached hydrogen (secondary N) is 1. The van der Waals surface area contributed by atoms with Gasteiger partial charge in [0.2, 0.25) is 0 Å². The molecule has 2 fully saturated rings. The number of urea groups is 1. The molecule has 120 valence electrons. The molecule has 0 aromatic carbocycles. The van der Waals surface area contributed by atoms with E-state index in [1.54, 1.807) is 4.90 Å². The molecule has 0 radical (unpaired) electrons. The van der Waals surface area contributed by atoms with Crippen LogP contribution in [0.15, 0.2) is 0 Å². The summed E-state index contributed by atoms with van der Waals surface area (Å²) in [6, 6.07) is 0.0560. The summed E-state index contributed by atoms with van der Waals surface area (Å²) in [6.07, 6.45) is 6.11. The van der Waals surface area contributed by atoms with Crippen LogP contribution in [0.25, 0.3) is 0 Å². The second kappa shape index (κ2) is 7.92. The fourth-order valence-electron chi connectivity index (χ4n) is 3.40. The average Bonchev–Trinajstić information content (AvgIpc) is 2.86. The number of hydrogen-bond acceptors (Lipinski definition) is 3. The third kappa shape index (κ3) is 4.80. The van der Waals surface area contributed by atoms with Crippen molar-refractivity contribution < 1.29 is 14.7 Å². The van der Waals surface area contributed by atoms with Gasteiger partial charge in [0, 0.05) is 23.9 Å². The third-order valence-electron chi connectivity index (χ3n) is 4.41. The van der Waals surface area contributed by atoms with Crippen molar-refractivity contribution in [2.75, 3.05) is 12.3 Å². The summed E-state index contributed by atoms with van der Waals surface area (Å²) in [4.78, 5) is 25.1. The van der Waals surface area contributed by atoms with E-state index in [4.69, 9.17) is 5.11 Å². The fraction of sp³-hybridized carbons (Fsp3) is 0.867. The van der Waals surface area contributed by atoms with Crippen molar-refractivity contribution in [3.63, 3.8) is 0 Å². The van der Waals surface area contributed by atoms with Gasteiger partial charge in [-0.05, 0) is 44.3 Å². The fourth-order valence-corrected chi connectivity index (χ4v) is 4.54. The average molecular weight is 314 g/mol. The van der Waals surface area contributed by atoms with Gasteiger partial charge in [0.05, 0.1) is 6.42 Å². The first kappa shape index (κ1) is 16.5. The third-order valence-corrected chi connectivity index (χ3v) is 5.65. The van der Waals surface area contributed by atoms with Crippen LogP contribution in [0.4, 0.5) is 4.79 Å². The first-order valence-corrected chi connectivity index (χ1v) is 9.05. The monoisotopic (exact) mass is 314 g/mol. The van der Waals surface area contributed by atoms with Crippen molar-refractivity contribution in [1.82, 2.24) is 10.2 Å². The molecule has 0 aromatic rings. The highest BCUT2D eigenvalue weighted by Gasteiger charge is 2.31. The highest BCUT2D eigenvalue weighted by molar-refractivity contribution is 7.99. The zero-order valence-electron chi connectivity index (χ0n) is 12.7. The molecule has 0 spiro atoms. The number of piperidine rings is 1. The van der Waals surface area contributed by atoms with Gasteiger partial charge < -0.3 is 15.3 Å². The molecule has 1 heterocycles. The van der Waals surface area contributed by atoms with Crippen LogP contribution in [-0.2, 0) is 4.79 Å². The van der Waals surface area contributed by atoms with Gasteiger partial charge in [0.1, 0.15) is 0 Å². The minimum Gasteiger partial charge on any atom is -0.481 e. The Morgan fingerprint density at radius 1 is 1.29 bits per heavy atom. The lowest BCUT2D eigenvalue weighted by atomic mass is 10.00. The normalized spacial score (nSPS) is 29.4. The van der Waals surface area contributed by atoms with Gasteiger partial charge in [-0.1, -0.05) is 6.92 Å². The molecule has 1 aliphatic heterocycles. The van der Waals surface area contributed by atoms with Crippen molar-refractivity contribution >= 4 is 23.8 Å². The molecule has 3 atom stereocenters. The van der Waals surface area contributed by atoms with E-state index in [9.17, 15) is 9.59 Å². The predicted molar refractivity (Wildman–Crippen MR) is 84.7 cm³/mol. The second-order valence-corrected chi connectivity index (χ2v) is 7.56. The molecule has 3 unspecified atom stereocenters. The van der Waals surface area contributed by atoms with Gasteiger partial charge in [-0.3, -0.25) is 4.79 Å². The van der Waals surface area contributed by atoms with Crippen LogP contribution in [0, 0.1) is 0 Å². The quantitative estimate of drug-likeness (QED) is 0.818. The molecule has 2 rings (SSSR count). The standard InChI is InChI=1S/C15H26N2O3S/c1-2-21-13-7-6-11(9-13)16-15(20)17-8-4-3-5-12(17)10-14(18)19/h11-13H,2-10H2,1H3,(H,16,20)(H,18,19). The van der Waals surface area contributed by atoms with Crippen LogP contribution in [0.3, 0.4) is 0 Å². The van der Waals surface area contributed by atoms with E-state index in [1.165, 1.54) is 6.42 Å². The number of rotatable bonds is 5. The van der Waals surface area contributed by atoms with Gasteiger partial charge in [-0.2, -0.15) is 11.8 Å². The van der Waals surface area contributed by atoms with E-state index in [1.807, 2.05) is 11.8 Å². The molecule has 2 N–H and O–H groups in total. The van der Waals surface area contributed by atoms with E-state index >= 15 is 0 Å². The highest BCUT2D eigenvalue weighted by Crippen LogP contribution is 2.30. The number of carboxylic acids is 1. The van der Waals surface area contributed by atoms with Gasteiger partial charge in [-0.15, -0.1) is 0 Å². The highest BCUT2D eigenvalue weighted by atomic mass is 32.2. The SMILES string of the molecule is CCSC1CCC(NC(=O)N2CCCCC2CC(=O)O)C1. The number of hydrogen-bond donors (Lipinski definition) is 2. The Kier molecular flexibility index (Phi) is 6.21. The molecule has 2 amide bonds. The van der Waals surface area contributed by atoms with Crippen LogP contribution in [0.5, 0.6) is 0 Å². The summed E-state index contributed by atoms with van der Waals surface area (Å²) in [5.74, 6) is 0.304. The van der Waals surface area contributed by atoms with E-state index in [-0.39, 0.29) is 24.5 Å². The number of carboxylic acid groups (broad SMARTS) is 1. The molecular weight excluding hydrogens is 288 g/mol. The summed E-state index contributed by atoms with van der Waals surface area (Å²) < 4.78 is 0. The van der Waals surface area contributed by atoms with E-state index in [0.717, 1.165) is 37.9 Å². The lowest BCUT2D eigenvalue weighted by molar-refractivity contribution is -0.138. The first-order valence-electron chi connectivity index (χ1n) is 8.00. The summed E-state index contributed by atoms with van der Waals surface area (Å²) in [5.41, 5.74) is 0. The minimum absolute atomic E-state index is 0.0619. The van der Waals surface area contributed by atoms with Crippen LogP contribution in [0.1, 0.15) is 51.9 Å². The Hall–Kier alpha value is -0.910. The topological polar surface area (TPSA) is 69.6 Å². The molecule has 6 heteroatoms. The van der Waals surface area contributed by atoms with Crippen molar-refractivity contribution in [1.29, 1.82) is 0 Å². The smallest absolute Gasteiger partial charge is 0.317 e. The van der Waals surface area contributed by atoms with Gasteiger partial charge in [0.15, 0.2) is 0 Å². The summed E-state index contributed by atoms with van der Waals surface area (Å²) in [7, 11) is 0. The molecule has 1 saturated carbocycles. The Morgan fingerprint density at radius 2 is 2.10 bits per heavy atom. The predicted octanol–water partition coefficient (Wildman–Crippen LogP) is 2.70. The Labute approximate surface area is 130 Å². The maximum atomic E-state index is 12.4. The lowest BCUT2D eigenvalue weighted by Crippen LogP contribution is -2.51. The van der Waals surface area contributed by atoms with E-state index < -0.39 is 5.97 Å². The number of nitrogens with zero attached hydrogens (tertiary/aromatic N) is 1.